The molecule has 1 aromatic carbocycles. The van der Waals surface area contributed by atoms with Crippen molar-refractivity contribution in [2.75, 3.05) is 4.90 Å². The third kappa shape index (κ3) is 1.39. The molecule has 2 saturated carbocycles. The summed E-state index contributed by atoms with van der Waals surface area (Å²) in [6.07, 6.45) is 6.48. The Hall–Kier alpha value is -2.50. The summed E-state index contributed by atoms with van der Waals surface area (Å²) in [6, 6.07) is 5.63. The fourth-order valence-corrected chi connectivity index (χ4v) is 5.06. The van der Waals surface area contributed by atoms with Gasteiger partial charge in [0.15, 0.2) is 0 Å². The van der Waals surface area contributed by atoms with Crippen molar-refractivity contribution in [3.63, 3.8) is 0 Å². The molecule has 1 aliphatic heterocycles. The van der Waals surface area contributed by atoms with Crippen molar-refractivity contribution in [2.45, 2.75) is 12.8 Å². The van der Waals surface area contributed by atoms with E-state index >= 15 is 0 Å². The van der Waals surface area contributed by atoms with Crippen molar-refractivity contribution < 1.29 is 14.5 Å². The largest absolute Gasteiger partial charge is 0.274 e. The van der Waals surface area contributed by atoms with Crippen LogP contribution in [0, 0.1) is 39.2 Å². The van der Waals surface area contributed by atoms with Crippen molar-refractivity contribution in [3.05, 3.63) is 46.5 Å². The molecule has 1 heterocycles. The number of carbonyl (C=O) groups excluding carboxylic acids is 2. The number of allylic oxidation sites excluding steroid dienone is 2. The van der Waals surface area contributed by atoms with Crippen molar-refractivity contribution >= 4 is 23.2 Å². The molecule has 23 heavy (non-hydrogen) atoms. The first kappa shape index (κ1) is 13.0. The summed E-state index contributed by atoms with van der Waals surface area (Å²) >= 11 is 0. The number of imide groups is 1. The molecule has 1 saturated heterocycles. The van der Waals surface area contributed by atoms with Gasteiger partial charge in [-0.25, -0.2) is 0 Å². The number of carbonyl (C=O) groups is 2. The van der Waals surface area contributed by atoms with Crippen LogP contribution in [0.15, 0.2) is 36.4 Å². The highest BCUT2D eigenvalue weighted by Gasteiger charge is 2.73. The van der Waals surface area contributed by atoms with Gasteiger partial charge >= 0.3 is 0 Å². The lowest BCUT2D eigenvalue weighted by atomic mass is 9.85. The number of rotatable bonds is 2. The minimum absolute atomic E-state index is 0.0493. The van der Waals surface area contributed by atoms with Crippen LogP contribution < -0.4 is 4.90 Å². The molecule has 5 rings (SSSR count). The molecule has 6 nitrogen and oxygen atoms in total. The lowest BCUT2D eigenvalue weighted by molar-refractivity contribution is -0.384. The van der Waals surface area contributed by atoms with Gasteiger partial charge in [0.2, 0.25) is 11.8 Å². The highest BCUT2D eigenvalue weighted by atomic mass is 16.6. The van der Waals surface area contributed by atoms with E-state index in [9.17, 15) is 19.7 Å². The molecule has 2 amide bonds. The first-order valence-electron chi connectivity index (χ1n) is 7.85. The van der Waals surface area contributed by atoms with Gasteiger partial charge in [0.1, 0.15) is 0 Å². The zero-order valence-electron chi connectivity index (χ0n) is 12.2. The Labute approximate surface area is 131 Å². The predicted molar refractivity (Wildman–Crippen MR) is 80.4 cm³/mol. The van der Waals surface area contributed by atoms with Crippen molar-refractivity contribution in [2.24, 2.45) is 29.1 Å². The lowest BCUT2D eigenvalue weighted by Crippen LogP contribution is -2.34. The SMILES string of the molecule is O=C1C2C(C(=O)N1c1ccc([N+](=O)[O-])cc1)C1C=CC2C12CC2. The van der Waals surface area contributed by atoms with Crippen molar-refractivity contribution in [1.82, 2.24) is 0 Å². The lowest BCUT2D eigenvalue weighted by Gasteiger charge is -2.21. The van der Waals surface area contributed by atoms with Crippen LogP contribution in [0.25, 0.3) is 0 Å². The number of nitro groups is 1. The van der Waals surface area contributed by atoms with Gasteiger partial charge in [-0.2, -0.15) is 0 Å². The Balaban J connectivity index is 1.52. The number of benzene rings is 1. The van der Waals surface area contributed by atoms with E-state index in [1.54, 1.807) is 0 Å². The quantitative estimate of drug-likeness (QED) is 0.363. The molecule has 1 spiro atoms. The van der Waals surface area contributed by atoms with Gasteiger partial charge < -0.3 is 0 Å². The molecule has 0 aromatic heterocycles. The third-order valence-electron chi connectivity index (χ3n) is 6.17. The van der Waals surface area contributed by atoms with E-state index in [2.05, 4.69) is 12.2 Å². The molecule has 2 bridgehead atoms. The summed E-state index contributed by atoms with van der Waals surface area (Å²) in [6.45, 7) is 0. The zero-order chi connectivity index (χ0) is 15.9. The summed E-state index contributed by atoms with van der Waals surface area (Å²) in [7, 11) is 0. The topological polar surface area (TPSA) is 80.5 Å². The fraction of sp³-hybridized carbons (Fsp3) is 0.412. The van der Waals surface area contributed by atoms with Gasteiger partial charge in [-0.15, -0.1) is 0 Å². The van der Waals surface area contributed by atoms with E-state index < -0.39 is 4.92 Å². The van der Waals surface area contributed by atoms with Crippen LogP contribution >= 0.6 is 0 Å². The van der Waals surface area contributed by atoms with Gasteiger partial charge in [0.25, 0.3) is 5.69 Å². The molecule has 1 aromatic rings. The van der Waals surface area contributed by atoms with Crippen molar-refractivity contribution in [3.8, 4) is 0 Å². The normalized spacial score (nSPS) is 35.2. The van der Waals surface area contributed by atoms with Gasteiger partial charge in [0, 0.05) is 12.1 Å². The summed E-state index contributed by atoms with van der Waals surface area (Å²) in [5.74, 6) is -0.381. The maximum Gasteiger partial charge on any atom is 0.269 e. The Kier molecular flexibility index (Phi) is 2.19. The first-order chi connectivity index (χ1) is 11.0. The van der Waals surface area contributed by atoms with E-state index in [1.807, 2.05) is 0 Å². The first-order valence-corrected chi connectivity index (χ1v) is 7.85. The number of hydrogen-bond acceptors (Lipinski definition) is 4. The molecule has 6 heteroatoms. The van der Waals surface area contributed by atoms with Crippen LogP contribution in [0.1, 0.15) is 12.8 Å². The monoisotopic (exact) mass is 310 g/mol. The maximum absolute atomic E-state index is 12.9. The number of amides is 2. The van der Waals surface area contributed by atoms with Crippen LogP contribution in [0.4, 0.5) is 11.4 Å². The Bertz CT molecular complexity index is 759. The molecular formula is C17H14N2O4. The molecule has 4 aliphatic rings. The number of nitrogens with zero attached hydrogens (tertiary/aromatic N) is 2. The van der Waals surface area contributed by atoms with Crippen molar-refractivity contribution in [1.29, 1.82) is 0 Å². The molecule has 4 atom stereocenters. The number of fused-ring (bicyclic) bond motifs is 3. The standard InChI is InChI=1S/C17H14N2O4/c20-15-13-11-5-6-12(17(11)7-8-17)14(13)16(21)18(15)9-1-3-10(4-2-9)19(22)23/h1-6,11-14H,7-8H2. The van der Waals surface area contributed by atoms with Crippen LogP contribution in [-0.4, -0.2) is 16.7 Å². The van der Waals surface area contributed by atoms with E-state index in [0.717, 1.165) is 12.8 Å². The van der Waals surface area contributed by atoms with E-state index in [4.69, 9.17) is 0 Å². The van der Waals surface area contributed by atoms with E-state index in [1.165, 1.54) is 29.2 Å². The number of nitro benzene ring substituents is 1. The molecule has 4 unspecified atom stereocenters. The Morgan fingerprint density at radius 2 is 1.52 bits per heavy atom. The van der Waals surface area contributed by atoms with Crippen LogP contribution in [-0.2, 0) is 9.59 Å². The number of hydrogen-bond donors (Lipinski definition) is 0. The average Bonchev–Trinajstić information content (AvgIpc) is 3.13. The van der Waals surface area contributed by atoms with E-state index in [-0.39, 0.29) is 46.6 Å². The summed E-state index contributed by atoms with van der Waals surface area (Å²) in [5.41, 5.74) is 0.568. The molecule has 3 aliphatic carbocycles. The number of non-ortho nitro benzene ring substituents is 1. The highest BCUT2D eigenvalue weighted by Crippen LogP contribution is 2.73. The number of anilines is 1. The maximum atomic E-state index is 12.9. The molecular weight excluding hydrogens is 296 g/mol. The second-order valence-electron chi connectivity index (χ2n) is 7.01. The minimum atomic E-state index is -0.493. The zero-order valence-corrected chi connectivity index (χ0v) is 12.2. The minimum Gasteiger partial charge on any atom is -0.274 e. The van der Waals surface area contributed by atoms with Crippen LogP contribution in [0.3, 0.4) is 0 Å². The van der Waals surface area contributed by atoms with E-state index in [0.29, 0.717) is 5.69 Å². The third-order valence-corrected chi connectivity index (χ3v) is 6.17. The Morgan fingerprint density at radius 3 is 1.96 bits per heavy atom. The van der Waals surface area contributed by atoms with Gasteiger partial charge in [-0.05, 0) is 42.2 Å². The van der Waals surface area contributed by atoms with Gasteiger partial charge in [-0.1, -0.05) is 12.2 Å². The second kappa shape index (κ2) is 3.88. The molecule has 116 valence electrons. The second-order valence-corrected chi connectivity index (χ2v) is 7.01. The molecule has 0 N–H and O–H groups in total. The summed E-state index contributed by atoms with van der Waals surface area (Å²) < 4.78 is 0. The summed E-state index contributed by atoms with van der Waals surface area (Å²) in [4.78, 5) is 37.2. The summed E-state index contributed by atoms with van der Waals surface area (Å²) in [5, 5.41) is 10.7. The Morgan fingerprint density at radius 1 is 1.00 bits per heavy atom. The molecule has 3 fully saturated rings. The van der Waals surface area contributed by atoms with Crippen LogP contribution in [0.2, 0.25) is 0 Å². The van der Waals surface area contributed by atoms with Gasteiger partial charge in [-0.3, -0.25) is 24.6 Å². The smallest absolute Gasteiger partial charge is 0.269 e. The average molecular weight is 310 g/mol. The highest BCUT2D eigenvalue weighted by molar-refractivity contribution is 6.23. The predicted octanol–water partition coefficient (Wildman–Crippen LogP) is 2.30. The molecule has 0 radical (unpaired) electrons. The van der Waals surface area contributed by atoms with Gasteiger partial charge in [0.05, 0.1) is 22.4 Å². The van der Waals surface area contributed by atoms with Crippen LogP contribution in [0.5, 0.6) is 0 Å². The fourth-order valence-electron chi connectivity index (χ4n) is 5.06.